The maximum Gasteiger partial charge on any atom is 0.0788 e. The van der Waals surface area contributed by atoms with E-state index >= 15 is 0 Å². The monoisotopic (exact) mass is 739 g/mol. The summed E-state index contributed by atoms with van der Waals surface area (Å²) in [5.41, 5.74) is 14.6. The lowest BCUT2D eigenvalue weighted by molar-refractivity contribution is 1.17. The molecule has 0 saturated carbocycles. The molecule has 0 fully saturated rings. The summed E-state index contributed by atoms with van der Waals surface area (Å²) in [6, 6.07) is 80.4. The summed E-state index contributed by atoms with van der Waals surface area (Å²) < 4.78 is 2.42. The highest BCUT2D eigenvalue weighted by atomic mass is 15.1. The van der Waals surface area contributed by atoms with Gasteiger partial charge in [0.05, 0.1) is 22.2 Å². The number of hydrogen-bond acceptors (Lipinski definition) is 2. The van der Waals surface area contributed by atoms with Crippen LogP contribution in [0.4, 0.5) is 17.1 Å². The number of para-hydroxylation sites is 2. The second-order valence-electron chi connectivity index (χ2n) is 14.8. The predicted molar refractivity (Wildman–Crippen MR) is 245 cm³/mol. The Bertz CT molecular complexity index is 3140. The van der Waals surface area contributed by atoms with Crippen LogP contribution in [0.3, 0.4) is 0 Å². The number of pyridine rings is 1. The standard InChI is InChI=1S/C55H37N3/c1-4-14-38(15-5-1)40-24-28-43(29-25-40)57(44-30-26-41(27-31-44)39-16-6-2-7-17-39)45-32-34-46(35-33-45)58-51-23-13-11-21-48(51)54-52(58)37-36-49-53(54)47-20-10-12-22-50(47)56-55(49)42-18-8-3-9-19-42/h1-37H. The van der Waals surface area contributed by atoms with Crippen LogP contribution < -0.4 is 4.90 Å². The summed E-state index contributed by atoms with van der Waals surface area (Å²) in [6.45, 7) is 0. The first-order valence-electron chi connectivity index (χ1n) is 19.8. The topological polar surface area (TPSA) is 21.1 Å². The van der Waals surface area contributed by atoms with E-state index in [1.807, 2.05) is 0 Å². The van der Waals surface area contributed by atoms with E-state index < -0.39 is 0 Å². The first kappa shape index (κ1) is 33.6. The Balaban J connectivity index is 1.07. The van der Waals surface area contributed by atoms with Crippen molar-refractivity contribution in [1.29, 1.82) is 0 Å². The smallest absolute Gasteiger partial charge is 0.0788 e. The Hall–Kier alpha value is -7.75. The van der Waals surface area contributed by atoms with Gasteiger partial charge in [-0.2, -0.15) is 0 Å². The Labute approximate surface area is 337 Å². The fourth-order valence-corrected chi connectivity index (χ4v) is 8.66. The van der Waals surface area contributed by atoms with Crippen molar-refractivity contribution in [2.24, 2.45) is 0 Å². The molecule has 0 aliphatic heterocycles. The molecular formula is C55H37N3. The van der Waals surface area contributed by atoms with Gasteiger partial charge in [-0.3, -0.25) is 0 Å². The van der Waals surface area contributed by atoms with Gasteiger partial charge in [0, 0.05) is 55.2 Å². The van der Waals surface area contributed by atoms with Gasteiger partial charge in [-0.1, -0.05) is 158 Å². The summed E-state index contributed by atoms with van der Waals surface area (Å²) in [5.74, 6) is 0. The van der Waals surface area contributed by atoms with Gasteiger partial charge >= 0.3 is 0 Å². The quantitative estimate of drug-likeness (QED) is 0.152. The number of fused-ring (bicyclic) bond motifs is 7. The van der Waals surface area contributed by atoms with Crippen LogP contribution in [0.2, 0.25) is 0 Å². The van der Waals surface area contributed by atoms with Crippen molar-refractivity contribution in [2.75, 3.05) is 4.90 Å². The summed E-state index contributed by atoms with van der Waals surface area (Å²) in [4.78, 5) is 7.57. The second kappa shape index (κ2) is 14.1. The molecule has 0 amide bonds. The van der Waals surface area contributed by atoms with Crippen LogP contribution in [-0.2, 0) is 0 Å². The van der Waals surface area contributed by atoms with Gasteiger partial charge in [0.25, 0.3) is 0 Å². The molecule has 3 heteroatoms. The highest BCUT2D eigenvalue weighted by molar-refractivity contribution is 6.29. The number of benzene rings is 9. The molecule has 0 aliphatic carbocycles. The minimum Gasteiger partial charge on any atom is -0.311 e. The molecule has 11 aromatic rings. The van der Waals surface area contributed by atoms with Crippen molar-refractivity contribution in [3.05, 3.63) is 224 Å². The number of aromatic nitrogens is 2. The van der Waals surface area contributed by atoms with Gasteiger partial charge in [-0.25, -0.2) is 4.98 Å². The number of hydrogen-bond donors (Lipinski definition) is 0. The van der Waals surface area contributed by atoms with Crippen LogP contribution in [0.15, 0.2) is 224 Å². The van der Waals surface area contributed by atoms with Crippen LogP contribution >= 0.6 is 0 Å². The van der Waals surface area contributed by atoms with Gasteiger partial charge in [-0.15, -0.1) is 0 Å². The minimum atomic E-state index is 0.997. The molecule has 0 atom stereocenters. The SMILES string of the molecule is c1ccc(-c2ccc(N(c3ccc(-c4ccccc4)cc3)c3ccc(-n4c5ccccc5c5c6c(ccc54)c(-c4ccccc4)nc4ccccc46)cc3)cc2)cc1. The Morgan fingerprint density at radius 2 is 0.776 bits per heavy atom. The van der Waals surface area contributed by atoms with Crippen molar-refractivity contribution < 1.29 is 0 Å². The van der Waals surface area contributed by atoms with E-state index in [2.05, 4.69) is 234 Å². The van der Waals surface area contributed by atoms with Crippen LogP contribution in [0.1, 0.15) is 0 Å². The van der Waals surface area contributed by atoms with Crippen molar-refractivity contribution in [3.8, 4) is 39.2 Å². The molecule has 11 rings (SSSR count). The molecule has 0 radical (unpaired) electrons. The van der Waals surface area contributed by atoms with Crippen LogP contribution in [0.25, 0.3) is 82.7 Å². The molecule has 0 spiro atoms. The molecule has 0 aliphatic rings. The van der Waals surface area contributed by atoms with Gasteiger partial charge in [0.15, 0.2) is 0 Å². The van der Waals surface area contributed by atoms with Crippen molar-refractivity contribution in [3.63, 3.8) is 0 Å². The fraction of sp³-hybridized carbons (Fsp3) is 0. The molecule has 2 heterocycles. The van der Waals surface area contributed by atoms with E-state index in [-0.39, 0.29) is 0 Å². The molecule has 0 unspecified atom stereocenters. The zero-order valence-electron chi connectivity index (χ0n) is 31.7. The van der Waals surface area contributed by atoms with Gasteiger partial charge in [0.2, 0.25) is 0 Å². The number of nitrogens with zero attached hydrogens (tertiary/aromatic N) is 3. The fourth-order valence-electron chi connectivity index (χ4n) is 8.66. The third-order valence-electron chi connectivity index (χ3n) is 11.4. The molecule has 3 nitrogen and oxygen atoms in total. The lowest BCUT2D eigenvalue weighted by Gasteiger charge is -2.26. The summed E-state index contributed by atoms with van der Waals surface area (Å²) in [5, 5.41) is 6.02. The third-order valence-corrected chi connectivity index (χ3v) is 11.4. The van der Waals surface area contributed by atoms with Gasteiger partial charge in [-0.05, 0) is 89.0 Å². The summed E-state index contributed by atoms with van der Waals surface area (Å²) in [7, 11) is 0. The minimum absolute atomic E-state index is 0.997. The van der Waals surface area contributed by atoms with E-state index in [1.54, 1.807) is 0 Å². The van der Waals surface area contributed by atoms with E-state index in [1.165, 1.54) is 49.4 Å². The van der Waals surface area contributed by atoms with Crippen molar-refractivity contribution in [1.82, 2.24) is 9.55 Å². The Morgan fingerprint density at radius 1 is 0.310 bits per heavy atom. The Kier molecular flexibility index (Phi) is 8.15. The lowest BCUT2D eigenvalue weighted by atomic mass is 9.96. The molecule has 0 N–H and O–H groups in total. The number of rotatable bonds is 7. The van der Waals surface area contributed by atoms with Crippen LogP contribution in [0.5, 0.6) is 0 Å². The lowest BCUT2D eigenvalue weighted by Crippen LogP contribution is -2.10. The third kappa shape index (κ3) is 5.72. The molecule has 58 heavy (non-hydrogen) atoms. The first-order valence-corrected chi connectivity index (χ1v) is 19.8. The second-order valence-corrected chi connectivity index (χ2v) is 14.8. The molecular weight excluding hydrogens is 703 g/mol. The molecule has 272 valence electrons. The molecule has 2 aromatic heterocycles. The average molecular weight is 740 g/mol. The molecule has 0 saturated heterocycles. The summed E-state index contributed by atoms with van der Waals surface area (Å²) >= 11 is 0. The van der Waals surface area contributed by atoms with Crippen molar-refractivity contribution >= 4 is 60.5 Å². The zero-order valence-corrected chi connectivity index (χ0v) is 31.7. The maximum absolute atomic E-state index is 5.23. The molecule has 0 bridgehead atoms. The van der Waals surface area contributed by atoms with Gasteiger partial charge < -0.3 is 9.47 Å². The van der Waals surface area contributed by atoms with Gasteiger partial charge in [0.1, 0.15) is 0 Å². The predicted octanol–water partition coefficient (Wildman–Crippen LogP) is 15.0. The largest absolute Gasteiger partial charge is 0.311 e. The maximum atomic E-state index is 5.23. The zero-order chi connectivity index (χ0) is 38.4. The highest BCUT2D eigenvalue weighted by Gasteiger charge is 2.20. The summed E-state index contributed by atoms with van der Waals surface area (Å²) in [6.07, 6.45) is 0. The Morgan fingerprint density at radius 3 is 1.36 bits per heavy atom. The van der Waals surface area contributed by atoms with Crippen molar-refractivity contribution in [2.45, 2.75) is 0 Å². The highest BCUT2D eigenvalue weighted by Crippen LogP contribution is 2.43. The van der Waals surface area contributed by atoms with E-state index in [4.69, 9.17) is 4.98 Å². The van der Waals surface area contributed by atoms with Crippen LogP contribution in [-0.4, -0.2) is 9.55 Å². The first-order chi connectivity index (χ1) is 28.8. The normalized spacial score (nSPS) is 11.4. The molecule has 9 aromatic carbocycles. The van der Waals surface area contributed by atoms with Crippen LogP contribution in [0, 0.1) is 0 Å². The van der Waals surface area contributed by atoms with E-state index in [9.17, 15) is 0 Å². The van der Waals surface area contributed by atoms with E-state index in [0.29, 0.717) is 0 Å². The number of anilines is 3. The van der Waals surface area contributed by atoms with E-state index in [0.717, 1.165) is 50.3 Å². The average Bonchev–Trinajstić information content (AvgIpc) is 3.65.